The molecule has 0 aliphatic carbocycles. The standard InChI is InChI=1S/C12H17NOP4/c1-2-7-13-8-6-9-4-3-5-10(18(16)17-15)11(9)12(13)14/h3-6,8,17H,2,7,15-16H2,1H3. The van der Waals surface area contributed by atoms with Crippen molar-refractivity contribution in [2.75, 3.05) is 0 Å². The van der Waals surface area contributed by atoms with Gasteiger partial charge < -0.3 is 4.57 Å². The van der Waals surface area contributed by atoms with Crippen LogP contribution in [0.5, 0.6) is 0 Å². The first kappa shape index (κ1) is 14.6. The van der Waals surface area contributed by atoms with Crippen LogP contribution in [0.15, 0.2) is 35.3 Å². The van der Waals surface area contributed by atoms with Gasteiger partial charge in [-0.05, 0) is 30.5 Å². The highest BCUT2D eigenvalue weighted by molar-refractivity contribution is 8.63. The summed E-state index contributed by atoms with van der Waals surface area (Å²) < 4.78 is 1.82. The molecule has 0 aliphatic rings. The Morgan fingerprint density at radius 1 is 1.39 bits per heavy atom. The fraction of sp³-hybridized carbons (Fsp3) is 0.250. The van der Waals surface area contributed by atoms with Crippen LogP contribution in [0.25, 0.3) is 10.8 Å². The van der Waals surface area contributed by atoms with Crippen LogP contribution >= 0.6 is 33.1 Å². The second-order valence-corrected chi connectivity index (χ2v) is 13.2. The van der Waals surface area contributed by atoms with Gasteiger partial charge in [-0.2, -0.15) is 0 Å². The Balaban J connectivity index is 2.73. The molecule has 96 valence electrons. The molecule has 0 amide bonds. The molecule has 0 aliphatic heterocycles. The van der Waals surface area contributed by atoms with Crippen molar-refractivity contribution in [3.63, 3.8) is 0 Å². The van der Waals surface area contributed by atoms with Crippen LogP contribution in [-0.2, 0) is 6.54 Å². The molecule has 0 spiro atoms. The summed E-state index contributed by atoms with van der Waals surface area (Å²) in [6.07, 6.45) is 2.89. The number of aromatic nitrogens is 1. The molecule has 0 bridgehead atoms. The third-order valence-corrected chi connectivity index (χ3v) is 12.9. The lowest BCUT2D eigenvalue weighted by Crippen LogP contribution is -2.22. The summed E-state index contributed by atoms with van der Waals surface area (Å²) in [6, 6.07) is 8.22. The number of hydrogen-bond acceptors (Lipinski definition) is 1. The SMILES string of the molecule is CCCn1ccc2cccc(P(P)PP)c2c1=O. The fourth-order valence-electron chi connectivity index (χ4n) is 2.00. The zero-order valence-corrected chi connectivity index (χ0v) is 14.5. The van der Waals surface area contributed by atoms with E-state index in [1.54, 1.807) is 0 Å². The first-order valence-electron chi connectivity index (χ1n) is 5.82. The monoisotopic (exact) mass is 315 g/mol. The summed E-state index contributed by atoms with van der Waals surface area (Å²) in [5.41, 5.74) is 0.156. The Morgan fingerprint density at radius 3 is 2.83 bits per heavy atom. The largest absolute Gasteiger partial charge is 0.315 e. The lowest BCUT2D eigenvalue weighted by Gasteiger charge is -2.13. The average molecular weight is 315 g/mol. The van der Waals surface area contributed by atoms with E-state index in [2.05, 4.69) is 36.9 Å². The first-order valence-corrected chi connectivity index (χ1v) is 12.4. The predicted octanol–water partition coefficient (Wildman–Crippen LogP) is 3.69. The molecule has 0 saturated heterocycles. The van der Waals surface area contributed by atoms with E-state index < -0.39 is 0 Å². The maximum atomic E-state index is 12.5. The maximum absolute atomic E-state index is 12.5. The van der Waals surface area contributed by atoms with Crippen molar-refractivity contribution < 1.29 is 0 Å². The Morgan fingerprint density at radius 2 is 2.17 bits per heavy atom. The number of fused-ring (bicyclic) bond motifs is 1. The summed E-state index contributed by atoms with van der Waals surface area (Å²) in [7, 11) is 6.14. The first-order chi connectivity index (χ1) is 8.69. The lowest BCUT2D eigenvalue weighted by atomic mass is 10.2. The van der Waals surface area contributed by atoms with Crippen molar-refractivity contribution >= 4 is 49.2 Å². The Labute approximate surface area is 115 Å². The number of rotatable bonds is 4. The van der Waals surface area contributed by atoms with E-state index in [0.29, 0.717) is 0 Å². The number of aryl methyl sites for hydroxylation is 1. The van der Waals surface area contributed by atoms with Gasteiger partial charge in [-0.25, -0.2) is 0 Å². The molecular weight excluding hydrogens is 298 g/mol. The van der Waals surface area contributed by atoms with Crippen molar-refractivity contribution in [1.29, 1.82) is 0 Å². The highest BCUT2D eigenvalue weighted by Gasteiger charge is 2.11. The quantitative estimate of drug-likeness (QED) is 0.789. The molecule has 4 unspecified atom stereocenters. The van der Waals surface area contributed by atoms with Gasteiger partial charge in [0.2, 0.25) is 0 Å². The van der Waals surface area contributed by atoms with Gasteiger partial charge in [-0.3, -0.25) is 4.79 Å². The summed E-state index contributed by atoms with van der Waals surface area (Å²) >= 11 is 0. The van der Waals surface area contributed by atoms with Gasteiger partial charge >= 0.3 is 0 Å². The van der Waals surface area contributed by atoms with Crippen LogP contribution in [0.3, 0.4) is 0 Å². The second-order valence-electron chi connectivity index (χ2n) is 4.05. The Kier molecular flexibility index (Phi) is 5.29. The minimum Gasteiger partial charge on any atom is -0.315 e. The van der Waals surface area contributed by atoms with Crippen molar-refractivity contribution in [3.8, 4) is 0 Å². The molecule has 4 atom stereocenters. The average Bonchev–Trinajstić information content (AvgIpc) is 2.40. The molecule has 0 saturated carbocycles. The molecule has 2 nitrogen and oxygen atoms in total. The van der Waals surface area contributed by atoms with Crippen LogP contribution in [0.4, 0.5) is 0 Å². The number of pyridine rings is 1. The normalized spacial score (nSPS) is 13.5. The second kappa shape index (κ2) is 6.54. The van der Waals surface area contributed by atoms with E-state index in [-0.39, 0.29) is 12.9 Å². The van der Waals surface area contributed by atoms with Gasteiger partial charge in [0.25, 0.3) is 5.56 Å². The van der Waals surface area contributed by atoms with Crippen molar-refractivity contribution in [2.24, 2.45) is 0 Å². The van der Waals surface area contributed by atoms with E-state index in [0.717, 1.165) is 31.7 Å². The van der Waals surface area contributed by atoms with Crippen LogP contribution in [0.2, 0.25) is 0 Å². The van der Waals surface area contributed by atoms with Crippen LogP contribution in [0, 0.1) is 0 Å². The smallest absolute Gasteiger partial charge is 0.259 e. The molecule has 1 aromatic heterocycles. The van der Waals surface area contributed by atoms with E-state index in [1.165, 1.54) is 5.30 Å². The minimum atomic E-state index is -0.317. The number of benzene rings is 1. The van der Waals surface area contributed by atoms with Crippen molar-refractivity contribution in [2.45, 2.75) is 19.9 Å². The molecule has 1 heterocycles. The van der Waals surface area contributed by atoms with E-state index >= 15 is 0 Å². The molecular formula is C12H17NOP4. The summed E-state index contributed by atoms with van der Waals surface area (Å²) in [6.45, 7) is 2.89. The van der Waals surface area contributed by atoms with E-state index in [9.17, 15) is 4.79 Å². The van der Waals surface area contributed by atoms with Gasteiger partial charge in [0.1, 0.15) is 0 Å². The molecule has 0 fully saturated rings. The maximum Gasteiger partial charge on any atom is 0.259 e. The van der Waals surface area contributed by atoms with Crippen LogP contribution < -0.4 is 10.9 Å². The van der Waals surface area contributed by atoms with Crippen LogP contribution in [-0.4, -0.2) is 4.57 Å². The van der Waals surface area contributed by atoms with Gasteiger partial charge in [0.15, 0.2) is 0 Å². The zero-order valence-electron chi connectivity index (χ0n) is 10.3. The van der Waals surface area contributed by atoms with Gasteiger partial charge in [0.05, 0.1) is 5.39 Å². The third-order valence-electron chi connectivity index (χ3n) is 2.85. The molecule has 0 N–H and O–H groups in total. The molecule has 0 radical (unpaired) electrons. The van der Waals surface area contributed by atoms with Crippen molar-refractivity contribution in [3.05, 3.63) is 40.8 Å². The summed E-state index contributed by atoms with van der Waals surface area (Å²) in [5, 5.41) is 3.17. The van der Waals surface area contributed by atoms with Crippen molar-refractivity contribution in [1.82, 2.24) is 4.57 Å². The van der Waals surface area contributed by atoms with Gasteiger partial charge in [-0.1, -0.05) is 33.1 Å². The number of hydrogen-bond donors (Lipinski definition) is 0. The molecule has 1 aromatic carbocycles. The minimum absolute atomic E-state index is 0.156. The summed E-state index contributed by atoms with van der Waals surface area (Å²) in [5.74, 6) is 0. The highest BCUT2D eigenvalue weighted by atomic mass is 32.6. The summed E-state index contributed by atoms with van der Waals surface area (Å²) in [4.78, 5) is 12.5. The number of nitrogens with zero attached hydrogens (tertiary/aromatic N) is 1. The molecule has 2 rings (SSSR count). The van der Waals surface area contributed by atoms with E-state index in [4.69, 9.17) is 0 Å². The third kappa shape index (κ3) is 2.84. The van der Waals surface area contributed by atoms with Gasteiger partial charge in [-0.15, -0.1) is 17.9 Å². The topological polar surface area (TPSA) is 22.0 Å². The lowest BCUT2D eigenvalue weighted by molar-refractivity contribution is 0.659. The highest BCUT2D eigenvalue weighted by Crippen LogP contribution is 2.65. The predicted molar refractivity (Wildman–Crippen MR) is 92.8 cm³/mol. The fourth-order valence-corrected chi connectivity index (χ4v) is 5.72. The molecule has 6 heteroatoms. The molecule has 18 heavy (non-hydrogen) atoms. The Hall–Kier alpha value is 0.150. The van der Waals surface area contributed by atoms with E-state index in [1.807, 2.05) is 22.9 Å². The molecule has 2 aromatic rings. The Bertz CT molecular complexity index is 611. The zero-order chi connectivity index (χ0) is 13.1. The van der Waals surface area contributed by atoms with Gasteiger partial charge in [0, 0.05) is 12.7 Å². The van der Waals surface area contributed by atoms with Crippen LogP contribution in [0.1, 0.15) is 13.3 Å².